The van der Waals surface area contributed by atoms with E-state index >= 15 is 0 Å². The molecule has 3 N–H and O–H groups in total. The van der Waals surface area contributed by atoms with E-state index in [1.54, 1.807) is 37.8 Å². The molecule has 9 heteroatoms. The Morgan fingerprint density at radius 1 is 1.33 bits per heavy atom. The van der Waals surface area contributed by atoms with Gasteiger partial charge in [-0.05, 0) is 24.6 Å². The molecule has 0 fully saturated rings. The van der Waals surface area contributed by atoms with Crippen molar-refractivity contribution in [3.63, 3.8) is 0 Å². The van der Waals surface area contributed by atoms with E-state index in [-0.39, 0.29) is 29.6 Å². The highest BCUT2D eigenvalue weighted by molar-refractivity contribution is 5.77. The van der Waals surface area contributed by atoms with Crippen molar-refractivity contribution in [2.24, 2.45) is 0 Å². The summed E-state index contributed by atoms with van der Waals surface area (Å²) in [7, 11) is 1.40. The van der Waals surface area contributed by atoms with Crippen molar-refractivity contribution in [2.75, 3.05) is 13.7 Å². The molecule has 0 aliphatic heterocycles. The first-order valence-electron chi connectivity index (χ1n) is 9.32. The van der Waals surface area contributed by atoms with Gasteiger partial charge in [-0.3, -0.25) is 9.59 Å². The molecule has 3 aromatic rings. The summed E-state index contributed by atoms with van der Waals surface area (Å²) in [6.07, 6.45) is 5.00. The van der Waals surface area contributed by atoms with Gasteiger partial charge in [0.1, 0.15) is 5.76 Å². The first-order valence-corrected chi connectivity index (χ1v) is 9.32. The van der Waals surface area contributed by atoms with Crippen LogP contribution in [0.4, 0.5) is 0 Å². The summed E-state index contributed by atoms with van der Waals surface area (Å²) in [5, 5.41) is 23.0. The van der Waals surface area contributed by atoms with E-state index in [0.29, 0.717) is 24.4 Å². The first kappa shape index (κ1) is 21.0. The van der Waals surface area contributed by atoms with Crippen LogP contribution in [0.2, 0.25) is 0 Å². The van der Waals surface area contributed by atoms with Crippen LogP contribution in [0.5, 0.6) is 17.2 Å². The number of aromatic nitrogens is 2. The SMILES string of the molecule is COc1cc([C@@H](CC(=O)NCCn2ccnc2)c2oc(C)cc(=O)c2O)ccc1O. The molecule has 0 spiro atoms. The number of amides is 1. The fourth-order valence-electron chi connectivity index (χ4n) is 3.14. The summed E-state index contributed by atoms with van der Waals surface area (Å²) in [6, 6.07) is 5.73. The summed E-state index contributed by atoms with van der Waals surface area (Å²) in [5.41, 5.74) is -0.0523. The van der Waals surface area contributed by atoms with Gasteiger partial charge in [-0.25, -0.2) is 4.98 Å². The first-order chi connectivity index (χ1) is 14.4. The fourth-order valence-corrected chi connectivity index (χ4v) is 3.14. The summed E-state index contributed by atoms with van der Waals surface area (Å²) in [5.74, 6) is -1.19. The summed E-state index contributed by atoms with van der Waals surface area (Å²) in [6.45, 7) is 2.52. The molecule has 0 unspecified atom stereocenters. The third kappa shape index (κ3) is 4.80. The number of rotatable bonds is 8. The van der Waals surface area contributed by atoms with Crippen molar-refractivity contribution < 1.29 is 24.2 Å². The molecule has 0 saturated carbocycles. The van der Waals surface area contributed by atoms with E-state index in [4.69, 9.17) is 9.15 Å². The number of hydrogen-bond acceptors (Lipinski definition) is 7. The van der Waals surface area contributed by atoms with Gasteiger partial charge in [0.25, 0.3) is 0 Å². The van der Waals surface area contributed by atoms with Gasteiger partial charge in [-0.1, -0.05) is 6.07 Å². The number of nitrogens with one attached hydrogen (secondary N) is 1. The zero-order chi connectivity index (χ0) is 21.7. The van der Waals surface area contributed by atoms with Crippen LogP contribution in [-0.4, -0.2) is 39.3 Å². The maximum Gasteiger partial charge on any atom is 0.227 e. The van der Waals surface area contributed by atoms with Crippen LogP contribution in [0.15, 0.2) is 52.2 Å². The molecule has 0 radical (unpaired) electrons. The van der Waals surface area contributed by atoms with Crippen LogP contribution >= 0.6 is 0 Å². The molecular formula is C21H23N3O6. The Bertz CT molecular complexity index is 1070. The molecule has 0 saturated heterocycles. The number of methoxy groups -OCH3 is 1. The van der Waals surface area contributed by atoms with Crippen molar-refractivity contribution in [3.8, 4) is 17.2 Å². The Morgan fingerprint density at radius 2 is 2.13 bits per heavy atom. The molecule has 30 heavy (non-hydrogen) atoms. The van der Waals surface area contributed by atoms with Gasteiger partial charge in [0.15, 0.2) is 17.3 Å². The van der Waals surface area contributed by atoms with E-state index in [1.165, 1.54) is 19.2 Å². The average Bonchev–Trinajstić information content (AvgIpc) is 3.23. The standard InChI is InChI=1S/C21H23N3O6/c1-13-9-17(26)20(28)21(30-13)15(14-3-4-16(25)18(10-14)29-2)11-19(27)23-6-8-24-7-5-22-12-24/h3-5,7,9-10,12,15,25,28H,6,8,11H2,1-2H3,(H,23,27)/t15-/m1/s1. The normalized spacial score (nSPS) is 11.8. The number of carbonyl (C=O) groups excluding carboxylic acids is 1. The number of benzene rings is 1. The number of carbonyl (C=O) groups is 1. The molecule has 0 bridgehead atoms. The second-order valence-corrected chi connectivity index (χ2v) is 6.77. The average molecular weight is 413 g/mol. The van der Waals surface area contributed by atoms with Gasteiger partial charge in [-0.2, -0.15) is 0 Å². The van der Waals surface area contributed by atoms with E-state index in [1.807, 2.05) is 4.57 Å². The number of hydrogen-bond donors (Lipinski definition) is 3. The van der Waals surface area contributed by atoms with Crippen LogP contribution < -0.4 is 15.5 Å². The topological polar surface area (TPSA) is 127 Å². The monoisotopic (exact) mass is 413 g/mol. The van der Waals surface area contributed by atoms with E-state index in [2.05, 4.69) is 10.3 Å². The van der Waals surface area contributed by atoms with Gasteiger partial charge >= 0.3 is 0 Å². The van der Waals surface area contributed by atoms with Gasteiger partial charge in [0.2, 0.25) is 17.1 Å². The van der Waals surface area contributed by atoms with Gasteiger partial charge in [0.05, 0.1) is 19.4 Å². The van der Waals surface area contributed by atoms with Crippen LogP contribution in [-0.2, 0) is 11.3 Å². The molecule has 9 nitrogen and oxygen atoms in total. The minimum absolute atomic E-state index is 0.0162. The predicted octanol–water partition coefficient (Wildman–Crippen LogP) is 1.90. The quantitative estimate of drug-likeness (QED) is 0.515. The third-order valence-corrected chi connectivity index (χ3v) is 4.64. The van der Waals surface area contributed by atoms with Crippen molar-refractivity contribution in [2.45, 2.75) is 25.8 Å². The number of imidazole rings is 1. The number of aromatic hydroxyl groups is 2. The van der Waals surface area contributed by atoms with Crippen LogP contribution in [0.3, 0.4) is 0 Å². The van der Waals surface area contributed by atoms with Gasteiger partial charge in [0, 0.05) is 38.0 Å². The van der Waals surface area contributed by atoms with Crippen LogP contribution in [0.1, 0.15) is 29.4 Å². The smallest absolute Gasteiger partial charge is 0.227 e. The van der Waals surface area contributed by atoms with Crippen molar-refractivity contribution in [3.05, 3.63) is 70.3 Å². The minimum atomic E-state index is -0.764. The zero-order valence-corrected chi connectivity index (χ0v) is 16.7. The summed E-state index contributed by atoms with van der Waals surface area (Å²) < 4.78 is 12.6. The van der Waals surface area contributed by atoms with E-state index in [9.17, 15) is 19.8 Å². The van der Waals surface area contributed by atoms with Crippen LogP contribution in [0.25, 0.3) is 0 Å². The maximum absolute atomic E-state index is 12.6. The maximum atomic E-state index is 12.6. The molecule has 3 rings (SSSR count). The van der Waals surface area contributed by atoms with E-state index < -0.39 is 17.1 Å². The predicted molar refractivity (Wildman–Crippen MR) is 108 cm³/mol. The molecular weight excluding hydrogens is 390 g/mol. The van der Waals surface area contributed by atoms with E-state index in [0.717, 1.165) is 0 Å². The van der Waals surface area contributed by atoms with Crippen molar-refractivity contribution >= 4 is 5.91 Å². The molecule has 0 aliphatic rings. The largest absolute Gasteiger partial charge is 0.504 e. The van der Waals surface area contributed by atoms with Gasteiger partial charge in [-0.15, -0.1) is 0 Å². The molecule has 1 atom stereocenters. The number of ether oxygens (including phenoxy) is 1. The highest BCUT2D eigenvalue weighted by Gasteiger charge is 2.26. The second-order valence-electron chi connectivity index (χ2n) is 6.77. The van der Waals surface area contributed by atoms with Gasteiger partial charge < -0.3 is 29.3 Å². The lowest BCUT2D eigenvalue weighted by Crippen LogP contribution is -2.28. The highest BCUT2D eigenvalue weighted by Crippen LogP contribution is 2.37. The summed E-state index contributed by atoms with van der Waals surface area (Å²) >= 11 is 0. The Kier molecular flexibility index (Phi) is 6.41. The minimum Gasteiger partial charge on any atom is -0.504 e. The number of nitrogens with zero attached hydrogens (tertiary/aromatic N) is 2. The highest BCUT2D eigenvalue weighted by atomic mass is 16.5. The molecule has 1 aromatic carbocycles. The van der Waals surface area contributed by atoms with Crippen LogP contribution in [0, 0.1) is 6.92 Å². The molecule has 1 amide bonds. The molecule has 2 aromatic heterocycles. The Balaban J connectivity index is 1.88. The molecule has 158 valence electrons. The Hall–Kier alpha value is -3.75. The number of phenolic OH excluding ortho intramolecular Hbond substituents is 1. The lowest BCUT2D eigenvalue weighted by atomic mass is 9.91. The Labute approximate surface area is 172 Å². The number of aryl methyl sites for hydroxylation is 1. The molecule has 0 aliphatic carbocycles. The lowest BCUT2D eigenvalue weighted by molar-refractivity contribution is -0.121. The Morgan fingerprint density at radius 3 is 2.83 bits per heavy atom. The van der Waals surface area contributed by atoms with Crippen molar-refractivity contribution in [1.82, 2.24) is 14.9 Å². The summed E-state index contributed by atoms with van der Waals surface area (Å²) in [4.78, 5) is 28.6. The fraction of sp³-hybridized carbons (Fsp3) is 0.286. The third-order valence-electron chi connectivity index (χ3n) is 4.64. The van der Waals surface area contributed by atoms with Crippen molar-refractivity contribution in [1.29, 1.82) is 0 Å². The second kappa shape index (κ2) is 9.17. The number of phenols is 1. The molecule has 2 heterocycles. The lowest BCUT2D eigenvalue weighted by Gasteiger charge is -2.19. The zero-order valence-electron chi connectivity index (χ0n) is 16.7.